The van der Waals surface area contributed by atoms with E-state index in [1.165, 1.54) is 6.92 Å². The van der Waals surface area contributed by atoms with Crippen LogP contribution in [0, 0.1) is 0 Å². The summed E-state index contributed by atoms with van der Waals surface area (Å²) in [5.74, 6) is 2.33. The second-order valence-corrected chi connectivity index (χ2v) is 6.81. The van der Waals surface area contributed by atoms with E-state index in [2.05, 4.69) is 18.5 Å². The molecule has 2 aliphatic rings. The Morgan fingerprint density at radius 2 is 1.96 bits per heavy atom. The number of anilines is 1. The van der Waals surface area contributed by atoms with Gasteiger partial charge in [0.05, 0.1) is 11.7 Å². The molecule has 1 aromatic heterocycles. The Morgan fingerprint density at radius 1 is 1.20 bits per heavy atom. The monoisotopic (exact) mass is 360 g/mol. The first-order valence-electron chi connectivity index (χ1n) is 8.40. The number of hydrogen-bond acceptors (Lipinski definition) is 8. The van der Waals surface area contributed by atoms with Gasteiger partial charge in [0.25, 0.3) is 0 Å². The van der Waals surface area contributed by atoms with Crippen molar-refractivity contribution in [3.8, 4) is 11.5 Å². The zero-order valence-corrected chi connectivity index (χ0v) is 14.9. The molecule has 8 heteroatoms. The minimum Gasteiger partial charge on any atom is -0.486 e. The van der Waals surface area contributed by atoms with Crippen molar-refractivity contribution in [1.29, 1.82) is 0 Å². The van der Waals surface area contributed by atoms with Gasteiger partial charge < -0.3 is 14.4 Å². The number of Topliss-reactive ketones (excluding diaryl/α,β-unsaturated/α-hetero) is 1. The predicted octanol–water partition coefficient (Wildman–Crippen LogP) is 1.70. The highest BCUT2D eigenvalue weighted by Gasteiger charge is 2.27. The number of fused-ring (bicyclic) bond motifs is 1. The van der Waals surface area contributed by atoms with Crippen LogP contribution in [0.2, 0.25) is 0 Å². The SMILES string of the molecule is CC(=O)c1nsnc1N1CCN(CC2COc3ccccc3O2)CC1. The number of ketones is 1. The molecule has 0 saturated carbocycles. The number of hydrogen-bond donors (Lipinski definition) is 0. The zero-order valence-electron chi connectivity index (χ0n) is 14.1. The highest BCUT2D eigenvalue weighted by Crippen LogP contribution is 2.31. The Morgan fingerprint density at radius 3 is 2.72 bits per heavy atom. The number of carbonyl (C=O) groups excluding carboxylic acids is 1. The van der Waals surface area contributed by atoms with Crippen LogP contribution in [-0.2, 0) is 0 Å². The molecule has 3 heterocycles. The number of ether oxygens (including phenoxy) is 2. The van der Waals surface area contributed by atoms with Gasteiger partial charge in [0, 0.05) is 39.6 Å². The lowest BCUT2D eigenvalue weighted by molar-refractivity contribution is 0.0571. The van der Waals surface area contributed by atoms with Crippen LogP contribution in [0.5, 0.6) is 11.5 Å². The molecule has 2 aliphatic heterocycles. The zero-order chi connectivity index (χ0) is 17.2. The molecule has 0 amide bonds. The fourth-order valence-corrected chi connectivity index (χ4v) is 3.81. The lowest BCUT2D eigenvalue weighted by atomic mass is 10.2. The first kappa shape index (κ1) is 16.3. The van der Waals surface area contributed by atoms with Crippen molar-refractivity contribution in [2.75, 3.05) is 44.2 Å². The molecule has 1 atom stereocenters. The van der Waals surface area contributed by atoms with Crippen LogP contribution in [-0.4, -0.2) is 64.9 Å². The van der Waals surface area contributed by atoms with E-state index in [0.29, 0.717) is 12.3 Å². The Bertz CT molecular complexity index is 758. The Labute approximate surface area is 150 Å². The van der Waals surface area contributed by atoms with E-state index in [1.807, 2.05) is 24.3 Å². The number of piperazine rings is 1. The van der Waals surface area contributed by atoms with E-state index in [-0.39, 0.29) is 11.9 Å². The molecular formula is C17H20N4O3S. The van der Waals surface area contributed by atoms with Gasteiger partial charge in [-0.05, 0) is 12.1 Å². The molecule has 1 aromatic carbocycles. The van der Waals surface area contributed by atoms with Crippen LogP contribution in [0.4, 0.5) is 5.82 Å². The molecular weight excluding hydrogens is 340 g/mol. The largest absolute Gasteiger partial charge is 0.486 e. The van der Waals surface area contributed by atoms with Crippen molar-refractivity contribution in [1.82, 2.24) is 13.6 Å². The van der Waals surface area contributed by atoms with Crippen molar-refractivity contribution in [2.45, 2.75) is 13.0 Å². The average Bonchev–Trinajstić information content (AvgIpc) is 3.12. The number of benzene rings is 1. The van der Waals surface area contributed by atoms with Crippen LogP contribution in [0.3, 0.4) is 0 Å². The van der Waals surface area contributed by atoms with Crippen LogP contribution in [0.15, 0.2) is 24.3 Å². The Kier molecular flexibility index (Phi) is 4.54. The summed E-state index contributed by atoms with van der Waals surface area (Å²) in [5.41, 5.74) is 0.485. The fraction of sp³-hybridized carbons (Fsp3) is 0.471. The lowest BCUT2D eigenvalue weighted by Crippen LogP contribution is -2.51. The number of carbonyl (C=O) groups is 1. The third kappa shape index (κ3) is 3.45. The van der Waals surface area contributed by atoms with Gasteiger partial charge in [0.15, 0.2) is 28.8 Å². The maximum absolute atomic E-state index is 11.6. The maximum atomic E-state index is 11.6. The Balaban J connectivity index is 1.32. The summed E-state index contributed by atoms with van der Waals surface area (Å²) >= 11 is 1.10. The molecule has 0 spiro atoms. The van der Waals surface area contributed by atoms with E-state index in [0.717, 1.165) is 61.8 Å². The smallest absolute Gasteiger partial charge is 0.183 e. The van der Waals surface area contributed by atoms with Crippen LogP contribution in [0.1, 0.15) is 17.4 Å². The molecule has 7 nitrogen and oxygen atoms in total. The van der Waals surface area contributed by atoms with Gasteiger partial charge in [-0.1, -0.05) is 12.1 Å². The van der Waals surface area contributed by atoms with Crippen LogP contribution < -0.4 is 14.4 Å². The molecule has 2 aromatic rings. The third-order valence-corrected chi connectivity index (χ3v) is 5.02. The number of rotatable bonds is 4. The molecule has 1 fully saturated rings. The fourth-order valence-electron chi connectivity index (χ4n) is 3.20. The molecule has 0 radical (unpaired) electrons. The summed E-state index contributed by atoms with van der Waals surface area (Å²) in [6, 6.07) is 7.78. The van der Waals surface area contributed by atoms with Crippen LogP contribution in [0.25, 0.3) is 0 Å². The molecule has 0 N–H and O–H groups in total. The molecule has 1 unspecified atom stereocenters. The maximum Gasteiger partial charge on any atom is 0.183 e. The summed E-state index contributed by atoms with van der Waals surface area (Å²) in [7, 11) is 0. The topological polar surface area (TPSA) is 67.8 Å². The van der Waals surface area contributed by atoms with Gasteiger partial charge in [-0.2, -0.15) is 8.75 Å². The third-order valence-electron chi connectivity index (χ3n) is 4.51. The average molecular weight is 360 g/mol. The summed E-state index contributed by atoms with van der Waals surface area (Å²) < 4.78 is 20.2. The van der Waals surface area contributed by atoms with Crippen molar-refractivity contribution in [2.24, 2.45) is 0 Å². The first-order chi connectivity index (χ1) is 12.2. The van der Waals surface area contributed by atoms with Crippen molar-refractivity contribution in [3.63, 3.8) is 0 Å². The van der Waals surface area contributed by atoms with Crippen LogP contribution >= 0.6 is 11.7 Å². The summed E-state index contributed by atoms with van der Waals surface area (Å²) in [5, 5.41) is 0. The number of para-hydroxylation sites is 2. The van der Waals surface area contributed by atoms with E-state index < -0.39 is 0 Å². The summed E-state index contributed by atoms with van der Waals surface area (Å²) in [6.07, 6.45) is 0.0372. The molecule has 1 saturated heterocycles. The minimum absolute atomic E-state index is 0.0300. The normalized spacial score (nSPS) is 20.5. The number of nitrogens with zero attached hydrogens (tertiary/aromatic N) is 4. The van der Waals surface area contributed by atoms with Crippen molar-refractivity contribution >= 4 is 23.3 Å². The van der Waals surface area contributed by atoms with Gasteiger partial charge in [-0.3, -0.25) is 9.69 Å². The van der Waals surface area contributed by atoms with E-state index >= 15 is 0 Å². The highest BCUT2D eigenvalue weighted by molar-refractivity contribution is 6.99. The molecule has 25 heavy (non-hydrogen) atoms. The lowest BCUT2D eigenvalue weighted by Gasteiger charge is -2.37. The highest BCUT2D eigenvalue weighted by atomic mass is 32.1. The minimum atomic E-state index is -0.0300. The first-order valence-corrected chi connectivity index (χ1v) is 9.13. The van der Waals surface area contributed by atoms with E-state index in [4.69, 9.17) is 9.47 Å². The van der Waals surface area contributed by atoms with Gasteiger partial charge in [0.2, 0.25) is 0 Å². The van der Waals surface area contributed by atoms with Crippen molar-refractivity contribution in [3.05, 3.63) is 30.0 Å². The van der Waals surface area contributed by atoms with E-state index in [9.17, 15) is 4.79 Å². The summed E-state index contributed by atoms with van der Waals surface area (Å²) in [6.45, 7) is 6.39. The van der Waals surface area contributed by atoms with Crippen molar-refractivity contribution < 1.29 is 14.3 Å². The van der Waals surface area contributed by atoms with E-state index in [1.54, 1.807) is 0 Å². The summed E-state index contributed by atoms with van der Waals surface area (Å²) in [4.78, 5) is 16.1. The second-order valence-electron chi connectivity index (χ2n) is 6.28. The number of aromatic nitrogens is 2. The molecule has 0 bridgehead atoms. The molecule has 132 valence electrons. The predicted molar refractivity (Wildman–Crippen MR) is 94.9 cm³/mol. The van der Waals surface area contributed by atoms with Gasteiger partial charge >= 0.3 is 0 Å². The standard InChI is InChI=1S/C17H20N4O3S/c1-12(22)16-17(19-25-18-16)21-8-6-20(7-9-21)10-13-11-23-14-4-2-3-5-15(14)24-13/h2-5,13H,6-11H2,1H3. The second kappa shape index (κ2) is 6.97. The molecule has 0 aliphatic carbocycles. The van der Waals surface area contributed by atoms with Gasteiger partial charge in [-0.15, -0.1) is 0 Å². The van der Waals surface area contributed by atoms with Gasteiger partial charge in [-0.25, -0.2) is 0 Å². The molecule has 4 rings (SSSR count). The Hall–Kier alpha value is -2.19. The quantitative estimate of drug-likeness (QED) is 0.769. The van der Waals surface area contributed by atoms with Gasteiger partial charge in [0.1, 0.15) is 12.7 Å².